The van der Waals surface area contributed by atoms with Gasteiger partial charge in [0, 0.05) is 6.21 Å². The Labute approximate surface area is 68.2 Å². The highest BCUT2D eigenvalue weighted by atomic mass is 16.5. The number of urea groups is 1. The van der Waals surface area contributed by atoms with Gasteiger partial charge in [-0.3, -0.25) is 10.1 Å². The maximum atomic E-state index is 10.5. The van der Waals surface area contributed by atoms with Crippen molar-refractivity contribution in [3.8, 4) is 0 Å². The van der Waals surface area contributed by atoms with E-state index >= 15 is 0 Å². The molecule has 12 heavy (non-hydrogen) atoms. The molecule has 0 aromatic rings. The van der Waals surface area contributed by atoms with Gasteiger partial charge in [0.05, 0.1) is 6.08 Å². The smallest absolute Gasteiger partial charge is 0.347 e. The molecule has 0 rings (SSSR count). The van der Waals surface area contributed by atoms with Crippen molar-refractivity contribution in [3.05, 3.63) is 12.0 Å². The van der Waals surface area contributed by atoms with Gasteiger partial charge in [-0.1, -0.05) is 0 Å². The topological polar surface area (TPSA) is 99.0 Å². The van der Waals surface area contributed by atoms with Crippen molar-refractivity contribution in [2.24, 2.45) is 4.99 Å². The quantitative estimate of drug-likeness (QED) is 0.300. The van der Waals surface area contributed by atoms with Gasteiger partial charge in [0.25, 0.3) is 11.9 Å². The summed E-state index contributed by atoms with van der Waals surface area (Å²) in [7, 11) is 0. The molecule has 0 spiro atoms. The largest absolute Gasteiger partial charge is 0.481 e. The van der Waals surface area contributed by atoms with Crippen LogP contribution in [0.3, 0.4) is 0 Å². The lowest BCUT2D eigenvalue weighted by atomic mass is 10.5. The molecule has 0 saturated carbocycles. The Morgan fingerprint density at radius 3 is 2.42 bits per heavy atom. The number of imide groups is 1. The minimum atomic E-state index is -1.17. The van der Waals surface area contributed by atoms with Crippen LogP contribution in [0.2, 0.25) is 0 Å². The van der Waals surface area contributed by atoms with Gasteiger partial charge in [0.15, 0.2) is 0 Å². The molecule has 3 N–H and O–H groups in total. The summed E-state index contributed by atoms with van der Waals surface area (Å²) in [5.41, 5.74) is 0. The Morgan fingerprint density at radius 2 is 2.00 bits per heavy atom. The van der Waals surface area contributed by atoms with E-state index in [-0.39, 0.29) is 0 Å². The first-order valence-electron chi connectivity index (χ1n) is 2.99. The van der Waals surface area contributed by atoms with Crippen LogP contribution in [0.15, 0.2) is 17.0 Å². The summed E-state index contributed by atoms with van der Waals surface area (Å²) in [6, 6.07) is -0.861. The molecule has 0 heterocycles. The Kier molecular flexibility index (Phi) is 4.13. The predicted octanol–water partition coefficient (Wildman–Crippen LogP) is 0.271. The molecule has 0 aliphatic heterocycles. The molecule has 0 bridgehead atoms. The van der Waals surface area contributed by atoms with Crippen LogP contribution in [-0.2, 0) is 4.79 Å². The molecule has 0 aromatic carbocycles. The maximum absolute atomic E-state index is 10.5. The average molecular weight is 172 g/mol. The van der Waals surface area contributed by atoms with E-state index in [9.17, 15) is 9.59 Å². The molecule has 0 aliphatic rings. The van der Waals surface area contributed by atoms with Gasteiger partial charge in [-0.15, -0.1) is 0 Å². The van der Waals surface area contributed by atoms with Crippen molar-refractivity contribution in [1.82, 2.24) is 5.32 Å². The number of carbonyl (C=O) groups excluding carboxylic acids is 2. The molecular formula is C6H8N2O4. The number of hydrogen-bond donors (Lipinski definition) is 3. The van der Waals surface area contributed by atoms with E-state index < -0.39 is 17.9 Å². The lowest BCUT2D eigenvalue weighted by Crippen LogP contribution is -2.26. The van der Waals surface area contributed by atoms with Crippen LogP contribution >= 0.6 is 0 Å². The number of aliphatic hydroxyl groups is 2. The first-order valence-corrected chi connectivity index (χ1v) is 2.99. The molecule has 0 aromatic heterocycles. The van der Waals surface area contributed by atoms with Gasteiger partial charge >= 0.3 is 6.03 Å². The van der Waals surface area contributed by atoms with Gasteiger partial charge in [-0.2, -0.15) is 0 Å². The van der Waals surface area contributed by atoms with E-state index in [1.54, 1.807) is 5.32 Å². The molecule has 6 nitrogen and oxygen atoms in total. The van der Waals surface area contributed by atoms with E-state index in [4.69, 9.17) is 10.2 Å². The highest BCUT2D eigenvalue weighted by Crippen LogP contribution is 1.80. The van der Waals surface area contributed by atoms with Crippen LogP contribution in [-0.4, -0.2) is 28.4 Å². The van der Waals surface area contributed by atoms with Crippen LogP contribution in [0, 0.1) is 0 Å². The third kappa shape index (κ3) is 4.98. The molecule has 0 radical (unpaired) electrons. The summed E-state index contributed by atoms with van der Waals surface area (Å²) in [4.78, 5) is 24.2. The molecule has 0 aliphatic carbocycles. The normalized spacial score (nSPS) is 9.42. The number of hydrogen-bond acceptors (Lipinski definition) is 4. The van der Waals surface area contributed by atoms with Gasteiger partial charge in [-0.05, 0) is 6.92 Å². The van der Waals surface area contributed by atoms with Crippen LogP contribution in [0.4, 0.5) is 4.79 Å². The summed E-state index contributed by atoms with van der Waals surface area (Å²) in [5.74, 6) is -2.11. The summed E-state index contributed by atoms with van der Waals surface area (Å²) in [6.07, 6.45) is 1.65. The third-order valence-electron chi connectivity index (χ3n) is 0.737. The summed E-state index contributed by atoms with van der Waals surface area (Å²) < 4.78 is 0. The standard InChI is InChI=1S/C6H8N2O4/c1-2-7-6(12)8-4(9)3-5(10)11/h2-3,10-11H,1H3,(H,8,9,12). The molecule has 0 saturated heterocycles. The zero-order valence-corrected chi connectivity index (χ0v) is 6.31. The van der Waals surface area contributed by atoms with E-state index in [1.165, 1.54) is 13.1 Å². The number of nitrogens with zero attached hydrogens (tertiary/aromatic N) is 1. The highest BCUT2D eigenvalue weighted by molar-refractivity contribution is 6.02. The number of carbonyl (C=O) groups is 2. The second-order valence-corrected chi connectivity index (χ2v) is 1.68. The molecule has 0 atom stereocenters. The molecular weight excluding hydrogens is 164 g/mol. The number of aliphatic hydroxyl groups excluding tert-OH is 1. The number of nitrogens with one attached hydrogen (secondary N) is 1. The predicted molar refractivity (Wildman–Crippen MR) is 41.0 cm³/mol. The molecule has 0 unspecified atom stereocenters. The molecule has 0 fully saturated rings. The van der Waals surface area contributed by atoms with Crippen molar-refractivity contribution in [1.29, 1.82) is 0 Å². The summed E-state index contributed by atoms with van der Waals surface area (Å²) in [6.45, 7) is 1.50. The minimum Gasteiger partial charge on any atom is -0.481 e. The first kappa shape index (κ1) is 10.2. The van der Waals surface area contributed by atoms with Crippen molar-refractivity contribution in [2.45, 2.75) is 6.92 Å². The molecule has 3 amide bonds. The Morgan fingerprint density at radius 1 is 1.42 bits per heavy atom. The zero-order chi connectivity index (χ0) is 9.56. The van der Waals surface area contributed by atoms with E-state index in [0.717, 1.165) is 0 Å². The SMILES string of the molecule is CC=NC(=O)NC(=O)C=C(O)O. The lowest BCUT2D eigenvalue weighted by molar-refractivity contribution is -0.115. The van der Waals surface area contributed by atoms with Crippen LogP contribution in [0.5, 0.6) is 0 Å². The fourth-order valence-electron chi connectivity index (χ4n) is 0.408. The number of amides is 3. The van der Waals surface area contributed by atoms with Gasteiger partial charge in [0.1, 0.15) is 0 Å². The fraction of sp³-hybridized carbons (Fsp3) is 0.167. The zero-order valence-electron chi connectivity index (χ0n) is 6.31. The van der Waals surface area contributed by atoms with E-state index in [1.807, 2.05) is 0 Å². The Balaban J connectivity index is 4.02. The number of aliphatic imine (C=N–C) groups is 1. The monoisotopic (exact) mass is 172 g/mol. The molecule has 66 valence electrons. The van der Waals surface area contributed by atoms with Crippen LogP contribution < -0.4 is 5.32 Å². The Bertz CT molecular complexity index is 240. The van der Waals surface area contributed by atoms with Crippen LogP contribution in [0.25, 0.3) is 0 Å². The second kappa shape index (κ2) is 4.89. The van der Waals surface area contributed by atoms with Crippen molar-refractivity contribution in [2.75, 3.05) is 0 Å². The lowest BCUT2D eigenvalue weighted by Gasteiger charge is -1.93. The van der Waals surface area contributed by atoms with Gasteiger partial charge in [-0.25, -0.2) is 9.79 Å². The van der Waals surface area contributed by atoms with Crippen molar-refractivity contribution in [3.63, 3.8) is 0 Å². The summed E-state index contributed by atoms with van der Waals surface area (Å²) in [5, 5.41) is 18.1. The summed E-state index contributed by atoms with van der Waals surface area (Å²) >= 11 is 0. The van der Waals surface area contributed by atoms with Gasteiger partial charge < -0.3 is 10.2 Å². The second-order valence-electron chi connectivity index (χ2n) is 1.68. The van der Waals surface area contributed by atoms with E-state index in [2.05, 4.69) is 4.99 Å². The van der Waals surface area contributed by atoms with Crippen molar-refractivity contribution >= 4 is 18.2 Å². The maximum Gasteiger partial charge on any atom is 0.347 e. The third-order valence-corrected chi connectivity index (χ3v) is 0.737. The van der Waals surface area contributed by atoms with Gasteiger partial charge in [0.2, 0.25) is 0 Å². The first-order chi connectivity index (χ1) is 5.56. The fourth-order valence-corrected chi connectivity index (χ4v) is 0.408. The minimum absolute atomic E-state index is 0.448. The highest BCUT2D eigenvalue weighted by Gasteiger charge is 2.02. The Hall–Kier alpha value is -1.85. The average Bonchev–Trinajstić information content (AvgIpc) is 1.84. The van der Waals surface area contributed by atoms with E-state index in [0.29, 0.717) is 6.08 Å². The van der Waals surface area contributed by atoms with Crippen LogP contribution in [0.1, 0.15) is 6.92 Å². The number of rotatable bonds is 1. The molecule has 6 heteroatoms. The van der Waals surface area contributed by atoms with Crippen molar-refractivity contribution < 1.29 is 19.8 Å².